The van der Waals surface area contributed by atoms with Crippen LogP contribution in [0.2, 0.25) is 0 Å². The summed E-state index contributed by atoms with van der Waals surface area (Å²) in [5.74, 6) is -0.483. The van der Waals surface area contributed by atoms with Gasteiger partial charge in [0.2, 0.25) is 5.91 Å². The molecule has 132 valence electrons. The van der Waals surface area contributed by atoms with Crippen molar-refractivity contribution < 1.29 is 18.0 Å². The number of benzene rings is 1. The standard InChI is InChI=1S/C18H17F3N2O2/c19-18(20,21)13-8-9-17(25)23(10-13)11-16(24)22-15-7-3-5-12-4-1-2-6-14(12)15/h1-2,4,6,8-10,15H,3,5,7,11H2,(H,22,24)/t15-/m1/s1. The van der Waals surface area contributed by atoms with Crippen LogP contribution in [0.1, 0.15) is 35.6 Å². The van der Waals surface area contributed by atoms with E-state index >= 15 is 0 Å². The van der Waals surface area contributed by atoms with E-state index in [1.807, 2.05) is 24.3 Å². The average molecular weight is 350 g/mol. The maximum absolute atomic E-state index is 12.8. The Bertz CT molecular complexity index is 843. The zero-order valence-corrected chi connectivity index (χ0v) is 13.3. The molecule has 1 aliphatic rings. The van der Waals surface area contributed by atoms with Crippen LogP contribution in [-0.4, -0.2) is 10.5 Å². The Morgan fingerprint density at radius 1 is 1.20 bits per heavy atom. The van der Waals surface area contributed by atoms with E-state index < -0.39 is 29.8 Å². The predicted molar refractivity (Wildman–Crippen MR) is 86.0 cm³/mol. The average Bonchev–Trinajstić information content (AvgIpc) is 2.56. The first kappa shape index (κ1) is 17.3. The third kappa shape index (κ3) is 3.92. The minimum Gasteiger partial charge on any atom is -0.348 e. The van der Waals surface area contributed by atoms with Crippen molar-refractivity contribution in [3.63, 3.8) is 0 Å². The van der Waals surface area contributed by atoms with Crippen molar-refractivity contribution in [3.05, 3.63) is 69.6 Å². The molecule has 0 saturated heterocycles. The Morgan fingerprint density at radius 2 is 1.96 bits per heavy atom. The van der Waals surface area contributed by atoms with Gasteiger partial charge in [-0.15, -0.1) is 0 Å². The van der Waals surface area contributed by atoms with E-state index in [1.54, 1.807) is 0 Å². The number of carbonyl (C=O) groups is 1. The predicted octanol–water partition coefficient (Wildman–Crippen LogP) is 3.06. The number of rotatable bonds is 3. The molecule has 25 heavy (non-hydrogen) atoms. The summed E-state index contributed by atoms with van der Waals surface area (Å²) >= 11 is 0. The number of hydrogen-bond acceptors (Lipinski definition) is 2. The zero-order chi connectivity index (χ0) is 18.0. The van der Waals surface area contributed by atoms with Gasteiger partial charge in [-0.25, -0.2) is 0 Å². The summed E-state index contributed by atoms with van der Waals surface area (Å²) < 4.78 is 39.1. The van der Waals surface area contributed by atoms with Gasteiger partial charge in [0.05, 0.1) is 11.6 Å². The quantitative estimate of drug-likeness (QED) is 0.925. The van der Waals surface area contributed by atoms with Crippen molar-refractivity contribution in [2.45, 2.75) is 38.0 Å². The van der Waals surface area contributed by atoms with E-state index in [9.17, 15) is 22.8 Å². The first-order valence-electron chi connectivity index (χ1n) is 7.99. The molecular weight excluding hydrogens is 333 g/mol. The molecule has 1 amide bonds. The number of nitrogens with one attached hydrogen (secondary N) is 1. The van der Waals surface area contributed by atoms with E-state index in [0.717, 1.165) is 41.0 Å². The van der Waals surface area contributed by atoms with Gasteiger partial charge < -0.3 is 9.88 Å². The lowest BCUT2D eigenvalue weighted by Crippen LogP contribution is -2.36. The Kier molecular flexibility index (Phi) is 4.65. The SMILES string of the molecule is O=C(Cn1cc(C(F)(F)F)ccc1=O)N[C@@H]1CCCc2ccccc21. The van der Waals surface area contributed by atoms with E-state index in [1.165, 1.54) is 0 Å². The van der Waals surface area contributed by atoms with Gasteiger partial charge in [-0.3, -0.25) is 9.59 Å². The van der Waals surface area contributed by atoms with Crippen LogP contribution in [0, 0.1) is 0 Å². The minimum atomic E-state index is -4.56. The molecular formula is C18H17F3N2O2. The molecule has 1 aromatic carbocycles. The zero-order valence-electron chi connectivity index (χ0n) is 13.3. The fourth-order valence-electron chi connectivity index (χ4n) is 3.12. The lowest BCUT2D eigenvalue weighted by atomic mass is 9.88. The van der Waals surface area contributed by atoms with Crippen molar-refractivity contribution in [3.8, 4) is 0 Å². The van der Waals surface area contributed by atoms with Gasteiger partial charge in [-0.2, -0.15) is 13.2 Å². The largest absolute Gasteiger partial charge is 0.417 e. The summed E-state index contributed by atoms with van der Waals surface area (Å²) in [7, 11) is 0. The number of nitrogens with zero attached hydrogens (tertiary/aromatic N) is 1. The van der Waals surface area contributed by atoms with Crippen LogP contribution in [-0.2, 0) is 23.9 Å². The molecule has 1 aliphatic carbocycles. The third-order valence-electron chi connectivity index (χ3n) is 4.33. The minimum absolute atomic E-state index is 0.182. The van der Waals surface area contributed by atoms with Crippen LogP contribution < -0.4 is 10.9 Å². The van der Waals surface area contributed by atoms with Crippen molar-refractivity contribution in [2.24, 2.45) is 0 Å². The first-order valence-corrected chi connectivity index (χ1v) is 7.99. The number of aromatic nitrogens is 1. The summed E-state index contributed by atoms with van der Waals surface area (Å²) in [6.45, 7) is -0.443. The number of aryl methyl sites for hydroxylation is 1. The van der Waals surface area contributed by atoms with Crippen molar-refractivity contribution in [2.75, 3.05) is 0 Å². The number of pyridine rings is 1. The lowest BCUT2D eigenvalue weighted by Gasteiger charge is -2.26. The number of fused-ring (bicyclic) bond motifs is 1. The third-order valence-corrected chi connectivity index (χ3v) is 4.33. The Hall–Kier alpha value is -2.57. The van der Waals surface area contributed by atoms with Gasteiger partial charge in [-0.05, 0) is 36.5 Å². The van der Waals surface area contributed by atoms with Gasteiger partial charge in [0.25, 0.3) is 5.56 Å². The van der Waals surface area contributed by atoms with Gasteiger partial charge >= 0.3 is 6.18 Å². The topological polar surface area (TPSA) is 51.1 Å². The molecule has 1 heterocycles. The van der Waals surface area contributed by atoms with E-state index in [4.69, 9.17) is 0 Å². The molecule has 0 radical (unpaired) electrons. The molecule has 4 nitrogen and oxygen atoms in total. The Morgan fingerprint density at radius 3 is 2.72 bits per heavy atom. The molecule has 0 spiro atoms. The van der Waals surface area contributed by atoms with Gasteiger partial charge in [-0.1, -0.05) is 24.3 Å². The number of alkyl halides is 3. The highest BCUT2D eigenvalue weighted by atomic mass is 19.4. The molecule has 0 fully saturated rings. The van der Waals surface area contributed by atoms with Crippen LogP contribution in [0.25, 0.3) is 0 Å². The first-order chi connectivity index (χ1) is 11.8. The number of halogens is 3. The van der Waals surface area contributed by atoms with Gasteiger partial charge in [0.1, 0.15) is 6.54 Å². The number of amides is 1. The molecule has 1 atom stereocenters. The summed E-state index contributed by atoms with van der Waals surface area (Å²) in [5.41, 5.74) is 0.587. The van der Waals surface area contributed by atoms with E-state index in [2.05, 4.69) is 5.32 Å². The summed E-state index contributed by atoms with van der Waals surface area (Å²) in [4.78, 5) is 24.0. The van der Waals surface area contributed by atoms with Gasteiger partial charge in [0.15, 0.2) is 0 Å². The molecule has 2 aromatic rings. The maximum atomic E-state index is 12.8. The maximum Gasteiger partial charge on any atom is 0.417 e. The second-order valence-corrected chi connectivity index (χ2v) is 6.09. The fraction of sp³-hybridized carbons (Fsp3) is 0.333. The lowest BCUT2D eigenvalue weighted by molar-refractivity contribution is -0.138. The summed E-state index contributed by atoms with van der Waals surface area (Å²) in [5, 5.41) is 2.83. The monoisotopic (exact) mass is 350 g/mol. The second kappa shape index (κ2) is 6.74. The van der Waals surface area contributed by atoms with Crippen LogP contribution in [0.4, 0.5) is 13.2 Å². The summed E-state index contributed by atoms with van der Waals surface area (Å²) in [6, 6.07) is 9.13. The fourth-order valence-corrected chi connectivity index (χ4v) is 3.12. The molecule has 0 bridgehead atoms. The van der Waals surface area contributed by atoms with Crippen LogP contribution in [0.5, 0.6) is 0 Å². The van der Waals surface area contributed by atoms with E-state index in [-0.39, 0.29) is 6.04 Å². The smallest absolute Gasteiger partial charge is 0.348 e. The Balaban J connectivity index is 1.75. The molecule has 0 unspecified atom stereocenters. The number of hydrogen-bond donors (Lipinski definition) is 1. The highest BCUT2D eigenvalue weighted by Crippen LogP contribution is 2.30. The molecule has 1 aromatic heterocycles. The molecule has 3 rings (SSSR count). The van der Waals surface area contributed by atoms with E-state index in [0.29, 0.717) is 12.3 Å². The van der Waals surface area contributed by atoms with Crippen LogP contribution in [0.3, 0.4) is 0 Å². The van der Waals surface area contributed by atoms with Crippen molar-refractivity contribution in [1.82, 2.24) is 9.88 Å². The molecule has 7 heteroatoms. The van der Waals surface area contributed by atoms with Crippen LogP contribution in [0.15, 0.2) is 47.4 Å². The second-order valence-electron chi connectivity index (χ2n) is 6.09. The highest BCUT2D eigenvalue weighted by molar-refractivity contribution is 5.76. The molecule has 0 aliphatic heterocycles. The normalized spacial score (nSPS) is 17.0. The van der Waals surface area contributed by atoms with Crippen molar-refractivity contribution in [1.29, 1.82) is 0 Å². The Labute approximate surface area is 142 Å². The van der Waals surface area contributed by atoms with Crippen LogP contribution >= 0.6 is 0 Å². The highest BCUT2D eigenvalue weighted by Gasteiger charge is 2.31. The molecule has 1 N–H and O–H groups in total. The molecule has 0 saturated carbocycles. The summed E-state index contributed by atoms with van der Waals surface area (Å²) in [6.07, 6.45) is -1.26. The van der Waals surface area contributed by atoms with Gasteiger partial charge in [0, 0.05) is 12.3 Å². The number of carbonyl (C=O) groups excluding carboxylic acids is 1. The van der Waals surface area contributed by atoms with Crippen molar-refractivity contribution >= 4 is 5.91 Å².